The summed E-state index contributed by atoms with van der Waals surface area (Å²) >= 11 is 0. The first-order valence-electron chi connectivity index (χ1n) is 20.3. The monoisotopic (exact) mass is 746 g/mol. The second kappa shape index (κ2) is 13.8. The Hall–Kier alpha value is -7.10. The first kappa shape index (κ1) is 34.2. The SMILES string of the molecule is CCCCc1ccc(-c2ccc3c4cccnc4n(-c4cc(F)cc(-c5c6ccccc6c(-c6cc7ccccc7c7ccccc67)c6ccccc56)c4)c3c2)cc1. The number of aromatic nitrogens is 2. The molecule has 9 aromatic carbocycles. The van der Waals surface area contributed by atoms with Crippen LogP contribution in [0.15, 0.2) is 182 Å². The van der Waals surface area contributed by atoms with Crippen molar-refractivity contribution in [3.8, 4) is 39.1 Å². The highest BCUT2D eigenvalue weighted by Gasteiger charge is 2.21. The Morgan fingerprint density at radius 2 is 1.10 bits per heavy atom. The maximum atomic E-state index is 16.4. The topological polar surface area (TPSA) is 17.8 Å². The highest BCUT2D eigenvalue weighted by molar-refractivity contribution is 6.25. The van der Waals surface area contributed by atoms with Gasteiger partial charge in [0.15, 0.2) is 0 Å². The summed E-state index contributed by atoms with van der Waals surface area (Å²) in [6, 6.07) is 62.1. The van der Waals surface area contributed by atoms with Gasteiger partial charge in [-0.25, -0.2) is 9.37 Å². The second-order valence-corrected chi connectivity index (χ2v) is 15.5. The summed E-state index contributed by atoms with van der Waals surface area (Å²) in [7, 11) is 0. The molecule has 11 rings (SSSR count). The Bertz CT molecular complexity index is 3340. The van der Waals surface area contributed by atoms with E-state index in [-0.39, 0.29) is 5.82 Å². The van der Waals surface area contributed by atoms with Gasteiger partial charge in [0, 0.05) is 17.0 Å². The van der Waals surface area contributed by atoms with Crippen molar-refractivity contribution in [1.82, 2.24) is 9.55 Å². The van der Waals surface area contributed by atoms with E-state index in [4.69, 9.17) is 4.98 Å². The summed E-state index contributed by atoms with van der Waals surface area (Å²) in [5, 5.41) is 11.4. The van der Waals surface area contributed by atoms with E-state index in [1.54, 1.807) is 12.1 Å². The number of hydrogen-bond acceptors (Lipinski definition) is 1. The standard InChI is InChI=1S/C55H39FN2/c1-2-3-13-35-23-25-36(26-24-35)37-27-28-45-50-22-12-29-57-55(50)58(52(45)33-37)41-31-39(30-40(56)34-41)53-46-18-8-10-20-48(46)54(49-21-11-9-19-47(49)53)51-32-38-14-4-5-15-42(38)43-16-6-7-17-44(43)51/h4-12,14-34H,2-3,13H2,1H3. The number of fused-ring (bicyclic) bond motifs is 8. The molecule has 2 heterocycles. The predicted octanol–water partition coefficient (Wildman–Crippen LogP) is 15.3. The third kappa shape index (κ3) is 5.49. The van der Waals surface area contributed by atoms with E-state index in [1.165, 1.54) is 51.1 Å². The largest absolute Gasteiger partial charge is 0.294 e. The smallest absolute Gasteiger partial charge is 0.145 e. The average molecular weight is 747 g/mol. The van der Waals surface area contributed by atoms with Crippen LogP contribution in [0.4, 0.5) is 4.39 Å². The van der Waals surface area contributed by atoms with E-state index < -0.39 is 0 Å². The molecule has 0 amide bonds. The van der Waals surface area contributed by atoms with Gasteiger partial charge in [0.25, 0.3) is 0 Å². The van der Waals surface area contributed by atoms with Gasteiger partial charge in [0.2, 0.25) is 0 Å². The van der Waals surface area contributed by atoms with Crippen LogP contribution < -0.4 is 0 Å². The van der Waals surface area contributed by atoms with Crippen molar-refractivity contribution in [3.05, 3.63) is 194 Å². The number of pyridine rings is 1. The van der Waals surface area contributed by atoms with Crippen molar-refractivity contribution in [2.24, 2.45) is 0 Å². The van der Waals surface area contributed by atoms with Gasteiger partial charge in [0.1, 0.15) is 11.5 Å². The van der Waals surface area contributed by atoms with Crippen molar-refractivity contribution in [3.63, 3.8) is 0 Å². The van der Waals surface area contributed by atoms with E-state index in [0.717, 1.165) is 77.8 Å². The summed E-state index contributed by atoms with van der Waals surface area (Å²) in [5.41, 5.74) is 10.4. The Morgan fingerprint density at radius 3 is 1.83 bits per heavy atom. The Kier molecular flexibility index (Phi) is 8.15. The van der Waals surface area contributed by atoms with Gasteiger partial charge < -0.3 is 0 Å². The molecule has 2 nitrogen and oxygen atoms in total. The van der Waals surface area contributed by atoms with Gasteiger partial charge in [-0.2, -0.15) is 0 Å². The van der Waals surface area contributed by atoms with E-state index in [0.29, 0.717) is 0 Å². The molecular weight excluding hydrogens is 708 g/mol. The van der Waals surface area contributed by atoms with Gasteiger partial charge in [-0.1, -0.05) is 147 Å². The Labute approximate surface area is 336 Å². The molecule has 0 spiro atoms. The molecule has 0 aliphatic carbocycles. The minimum absolute atomic E-state index is 0.296. The summed E-state index contributed by atoms with van der Waals surface area (Å²) in [6.07, 6.45) is 5.28. The van der Waals surface area contributed by atoms with Gasteiger partial charge in [-0.15, -0.1) is 0 Å². The molecule has 0 saturated heterocycles. The molecular formula is C55H39FN2. The van der Waals surface area contributed by atoms with Crippen LogP contribution in [0, 0.1) is 5.82 Å². The number of unbranched alkanes of at least 4 members (excludes halogenated alkanes) is 1. The number of nitrogens with zero attached hydrogens (tertiary/aromatic N) is 2. The van der Waals surface area contributed by atoms with Crippen molar-refractivity contribution >= 4 is 65.0 Å². The summed E-state index contributed by atoms with van der Waals surface area (Å²) in [4.78, 5) is 4.90. The predicted molar refractivity (Wildman–Crippen MR) is 243 cm³/mol. The molecule has 0 fully saturated rings. The molecule has 276 valence electrons. The number of benzene rings is 9. The Morgan fingerprint density at radius 1 is 0.483 bits per heavy atom. The van der Waals surface area contributed by atoms with Crippen LogP contribution in [0.3, 0.4) is 0 Å². The van der Waals surface area contributed by atoms with Gasteiger partial charge >= 0.3 is 0 Å². The quantitative estimate of drug-likeness (QED) is 0.117. The van der Waals surface area contributed by atoms with Crippen molar-refractivity contribution in [2.45, 2.75) is 26.2 Å². The number of aryl methyl sites for hydroxylation is 1. The zero-order valence-electron chi connectivity index (χ0n) is 32.2. The minimum Gasteiger partial charge on any atom is -0.294 e. The lowest BCUT2D eigenvalue weighted by molar-refractivity contribution is 0.627. The zero-order chi connectivity index (χ0) is 38.7. The van der Waals surface area contributed by atoms with Gasteiger partial charge in [-0.3, -0.25) is 4.57 Å². The van der Waals surface area contributed by atoms with E-state index in [9.17, 15) is 0 Å². The third-order valence-electron chi connectivity index (χ3n) is 12.0. The summed E-state index contributed by atoms with van der Waals surface area (Å²) < 4.78 is 18.5. The molecule has 0 aliphatic rings. The van der Waals surface area contributed by atoms with Crippen LogP contribution in [-0.2, 0) is 6.42 Å². The number of halogens is 1. The van der Waals surface area contributed by atoms with E-state index >= 15 is 4.39 Å². The molecule has 0 unspecified atom stereocenters. The van der Waals surface area contributed by atoms with Gasteiger partial charge in [-0.05, 0) is 137 Å². The molecule has 58 heavy (non-hydrogen) atoms. The van der Waals surface area contributed by atoms with E-state index in [1.807, 2.05) is 12.3 Å². The van der Waals surface area contributed by atoms with Crippen LogP contribution >= 0.6 is 0 Å². The molecule has 11 aromatic rings. The molecule has 3 heteroatoms. The number of rotatable bonds is 7. The second-order valence-electron chi connectivity index (χ2n) is 15.5. The van der Waals surface area contributed by atoms with Crippen LogP contribution in [-0.4, -0.2) is 9.55 Å². The van der Waals surface area contributed by atoms with Crippen LogP contribution in [0.5, 0.6) is 0 Å². The van der Waals surface area contributed by atoms with Crippen molar-refractivity contribution < 1.29 is 4.39 Å². The molecule has 0 saturated carbocycles. The highest BCUT2D eigenvalue weighted by Crippen LogP contribution is 2.47. The maximum absolute atomic E-state index is 16.4. The first-order valence-corrected chi connectivity index (χ1v) is 20.3. The lowest BCUT2D eigenvalue weighted by Gasteiger charge is -2.20. The summed E-state index contributed by atoms with van der Waals surface area (Å²) in [6.45, 7) is 2.23. The van der Waals surface area contributed by atoms with Crippen molar-refractivity contribution in [2.75, 3.05) is 0 Å². The van der Waals surface area contributed by atoms with E-state index in [2.05, 4.69) is 169 Å². The molecule has 2 aromatic heterocycles. The molecule has 0 aliphatic heterocycles. The Balaban J connectivity index is 1.15. The molecule has 0 N–H and O–H groups in total. The normalized spacial score (nSPS) is 11.8. The molecule has 0 bridgehead atoms. The van der Waals surface area contributed by atoms with Crippen LogP contribution in [0.25, 0.3) is 104 Å². The number of hydrogen-bond donors (Lipinski definition) is 0. The lowest BCUT2D eigenvalue weighted by atomic mass is 9.84. The van der Waals surface area contributed by atoms with Crippen LogP contribution in [0.1, 0.15) is 25.3 Å². The highest BCUT2D eigenvalue weighted by atomic mass is 19.1. The molecule has 0 atom stereocenters. The van der Waals surface area contributed by atoms with Gasteiger partial charge in [0.05, 0.1) is 11.2 Å². The lowest BCUT2D eigenvalue weighted by Crippen LogP contribution is -1.98. The third-order valence-corrected chi connectivity index (χ3v) is 12.0. The van der Waals surface area contributed by atoms with Crippen LogP contribution in [0.2, 0.25) is 0 Å². The first-order chi connectivity index (χ1) is 28.6. The fourth-order valence-electron chi connectivity index (χ4n) is 9.37. The fraction of sp³-hybridized carbons (Fsp3) is 0.0727. The summed E-state index contributed by atoms with van der Waals surface area (Å²) in [5.74, 6) is -0.296. The van der Waals surface area contributed by atoms with Crippen molar-refractivity contribution in [1.29, 1.82) is 0 Å². The molecule has 0 radical (unpaired) electrons. The average Bonchev–Trinajstić information content (AvgIpc) is 3.61. The minimum atomic E-state index is -0.296. The zero-order valence-corrected chi connectivity index (χ0v) is 32.2. The maximum Gasteiger partial charge on any atom is 0.145 e. The fourth-order valence-corrected chi connectivity index (χ4v) is 9.37.